The molecule has 2 fully saturated rings. The molecule has 3 N–H and O–H groups in total. The van der Waals surface area contributed by atoms with Gasteiger partial charge in [0.05, 0.1) is 25.5 Å². The van der Waals surface area contributed by atoms with Crippen LogP contribution in [0.15, 0.2) is 48.8 Å². The summed E-state index contributed by atoms with van der Waals surface area (Å²) in [4.78, 5) is 29.0. The maximum absolute atomic E-state index is 10.6. The molecule has 0 aliphatic carbocycles. The van der Waals surface area contributed by atoms with Crippen molar-refractivity contribution in [2.45, 2.75) is 30.9 Å². The number of rotatable bonds is 5. The van der Waals surface area contributed by atoms with Gasteiger partial charge in [0.25, 0.3) is 0 Å². The molecule has 16 heteroatoms. The fourth-order valence-corrected chi connectivity index (χ4v) is 3.84. The third-order valence-corrected chi connectivity index (χ3v) is 5.55. The van der Waals surface area contributed by atoms with Gasteiger partial charge < -0.3 is 25.0 Å². The molecule has 4 rings (SSSR count). The van der Waals surface area contributed by atoms with Crippen molar-refractivity contribution in [1.29, 1.82) is 0 Å². The van der Waals surface area contributed by atoms with E-state index in [2.05, 4.69) is 26.3 Å². The number of ether oxygens (including phenoxy) is 2. The van der Waals surface area contributed by atoms with Gasteiger partial charge in [-0.2, -0.15) is 26.3 Å². The molecule has 2 aliphatic rings. The molecule has 1 spiro atoms. The van der Waals surface area contributed by atoms with E-state index in [1.165, 1.54) is 0 Å². The summed E-state index contributed by atoms with van der Waals surface area (Å²) in [5.41, 5.74) is 0.887. The minimum Gasteiger partial charge on any atom is -0.475 e. The van der Waals surface area contributed by atoms with Crippen LogP contribution in [0.5, 0.6) is 0 Å². The van der Waals surface area contributed by atoms with E-state index < -0.39 is 24.3 Å². The van der Waals surface area contributed by atoms with Gasteiger partial charge in [0.2, 0.25) is 0 Å². The van der Waals surface area contributed by atoms with E-state index in [-0.39, 0.29) is 5.60 Å². The Kier molecular flexibility index (Phi) is 12.1. The Morgan fingerprint density at radius 3 is 2.12 bits per heavy atom. The van der Waals surface area contributed by atoms with Crippen molar-refractivity contribution in [1.82, 2.24) is 14.9 Å². The minimum absolute atomic E-state index is 0.207. The van der Waals surface area contributed by atoms with E-state index in [0.29, 0.717) is 12.5 Å². The molecule has 40 heavy (non-hydrogen) atoms. The zero-order chi connectivity index (χ0) is 29.8. The molecule has 2 saturated heterocycles. The van der Waals surface area contributed by atoms with Crippen LogP contribution in [0.1, 0.15) is 12.1 Å². The van der Waals surface area contributed by atoms with Gasteiger partial charge in [0.15, 0.2) is 0 Å². The van der Waals surface area contributed by atoms with Crippen molar-refractivity contribution in [3.8, 4) is 0 Å². The van der Waals surface area contributed by atoms with Crippen molar-refractivity contribution in [3.05, 3.63) is 54.5 Å². The SMILES string of the molecule is O=C(O)C(F)(F)F.O=C(O)C(F)(F)F.c1ccc(CN2CCOCC3(CC(CNc4ccccn4)CO3)C2)nc1. The fourth-order valence-electron chi connectivity index (χ4n) is 3.84. The maximum Gasteiger partial charge on any atom is 0.490 e. The number of anilines is 1. The summed E-state index contributed by atoms with van der Waals surface area (Å²) in [5.74, 6) is -4.13. The van der Waals surface area contributed by atoms with Gasteiger partial charge in [0.1, 0.15) is 11.4 Å². The zero-order valence-corrected chi connectivity index (χ0v) is 21.0. The van der Waals surface area contributed by atoms with Gasteiger partial charge in [0, 0.05) is 44.5 Å². The highest BCUT2D eigenvalue weighted by Gasteiger charge is 2.43. The summed E-state index contributed by atoms with van der Waals surface area (Å²) in [7, 11) is 0. The second-order valence-electron chi connectivity index (χ2n) is 8.85. The van der Waals surface area contributed by atoms with Gasteiger partial charge in [-0.3, -0.25) is 9.88 Å². The average molecular weight is 582 g/mol. The lowest BCUT2D eigenvalue weighted by Crippen LogP contribution is -2.44. The number of carboxylic acids is 2. The number of hydrogen-bond acceptors (Lipinski definition) is 8. The smallest absolute Gasteiger partial charge is 0.475 e. The molecule has 222 valence electrons. The number of halogens is 6. The lowest BCUT2D eigenvalue weighted by Gasteiger charge is -2.31. The molecule has 0 amide bonds. The van der Waals surface area contributed by atoms with Crippen LogP contribution in [0.4, 0.5) is 32.2 Å². The molecule has 0 aromatic carbocycles. The first-order chi connectivity index (χ1) is 18.7. The van der Waals surface area contributed by atoms with Gasteiger partial charge >= 0.3 is 24.3 Å². The molecule has 0 radical (unpaired) electrons. The van der Waals surface area contributed by atoms with Crippen molar-refractivity contribution in [2.24, 2.45) is 5.92 Å². The molecule has 4 heterocycles. The van der Waals surface area contributed by atoms with Crippen LogP contribution in [-0.4, -0.2) is 94.4 Å². The number of aromatic nitrogens is 2. The lowest BCUT2D eigenvalue weighted by molar-refractivity contribution is -0.193. The van der Waals surface area contributed by atoms with E-state index in [1.54, 1.807) is 0 Å². The molecule has 2 unspecified atom stereocenters. The van der Waals surface area contributed by atoms with Gasteiger partial charge in [-0.15, -0.1) is 0 Å². The molecular weight excluding hydrogens is 554 g/mol. The summed E-state index contributed by atoms with van der Waals surface area (Å²) in [6.45, 7) is 5.70. The van der Waals surface area contributed by atoms with Crippen molar-refractivity contribution in [2.75, 3.05) is 44.8 Å². The molecule has 10 nitrogen and oxygen atoms in total. The Bertz CT molecular complexity index is 1040. The highest BCUT2D eigenvalue weighted by atomic mass is 19.4. The zero-order valence-electron chi connectivity index (χ0n) is 21.0. The number of carboxylic acid groups (broad SMARTS) is 2. The Hall–Kier alpha value is -3.50. The second-order valence-corrected chi connectivity index (χ2v) is 8.85. The molecule has 0 saturated carbocycles. The average Bonchev–Trinajstić information content (AvgIpc) is 3.17. The Morgan fingerprint density at radius 1 is 1.00 bits per heavy atom. The summed E-state index contributed by atoms with van der Waals surface area (Å²) >= 11 is 0. The van der Waals surface area contributed by atoms with Crippen LogP contribution in [0, 0.1) is 5.92 Å². The summed E-state index contributed by atoms with van der Waals surface area (Å²) < 4.78 is 75.6. The highest BCUT2D eigenvalue weighted by Crippen LogP contribution is 2.33. The van der Waals surface area contributed by atoms with Crippen molar-refractivity contribution >= 4 is 17.8 Å². The van der Waals surface area contributed by atoms with Gasteiger partial charge in [-0.25, -0.2) is 14.6 Å². The second kappa shape index (κ2) is 14.8. The largest absolute Gasteiger partial charge is 0.490 e. The lowest BCUT2D eigenvalue weighted by atomic mass is 9.94. The van der Waals surface area contributed by atoms with E-state index in [4.69, 9.17) is 29.3 Å². The molecule has 2 aromatic rings. The normalized spacial score (nSPS) is 21.3. The van der Waals surface area contributed by atoms with Gasteiger partial charge in [-0.05, 0) is 30.7 Å². The predicted octanol–water partition coefficient (Wildman–Crippen LogP) is 3.46. The van der Waals surface area contributed by atoms with E-state index in [1.807, 2.05) is 42.7 Å². The van der Waals surface area contributed by atoms with Crippen molar-refractivity contribution < 1.29 is 55.6 Å². The summed E-state index contributed by atoms with van der Waals surface area (Å²) in [6, 6.07) is 12.0. The quantitative estimate of drug-likeness (QED) is 0.450. The van der Waals surface area contributed by atoms with E-state index in [0.717, 1.165) is 57.3 Å². The number of nitrogens with zero attached hydrogens (tertiary/aromatic N) is 3. The highest BCUT2D eigenvalue weighted by molar-refractivity contribution is 5.73. The van der Waals surface area contributed by atoms with E-state index in [9.17, 15) is 26.3 Å². The maximum atomic E-state index is 10.6. The number of hydrogen-bond donors (Lipinski definition) is 3. The van der Waals surface area contributed by atoms with Crippen LogP contribution in [0.25, 0.3) is 0 Å². The molecule has 0 bridgehead atoms. The molecule has 2 aromatic heterocycles. The summed E-state index contributed by atoms with van der Waals surface area (Å²) in [5, 5.41) is 17.7. The molecule has 2 aliphatic heterocycles. The standard InChI is InChI=1S/C20H26N4O2.2C2HF3O2/c1-3-7-21-18(5-1)13-24-9-10-25-16-20(15-24)11-17(14-26-20)12-23-19-6-2-4-8-22-19;2*3-2(4,5)1(6)7/h1-8,17H,9-16H2,(H,22,23);2*(H,6,7). The molecule has 2 atom stereocenters. The number of aliphatic carboxylic acids is 2. The number of alkyl halides is 6. The van der Waals surface area contributed by atoms with Crippen molar-refractivity contribution in [3.63, 3.8) is 0 Å². The van der Waals surface area contributed by atoms with Crippen LogP contribution >= 0.6 is 0 Å². The first kappa shape index (κ1) is 32.7. The van der Waals surface area contributed by atoms with Crippen LogP contribution in [0.2, 0.25) is 0 Å². The summed E-state index contributed by atoms with van der Waals surface area (Å²) in [6.07, 6.45) is -5.50. The predicted molar refractivity (Wildman–Crippen MR) is 127 cm³/mol. The Morgan fingerprint density at radius 2 is 1.60 bits per heavy atom. The fraction of sp³-hybridized carbons (Fsp3) is 0.500. The first-order valence-corrected chi connectivity index (χ1v) is 11.8. The molecular formula is C24H28F6N4O6. The minimum atomic E-state index is -5.08. The number of pyridine rings is 2. The van der Waals surface area contributed by atoms with Crippen LogP contribution in [0.3, 0.4) is 0 Å². The third-order valence-electron chi connectivity index (χ3n) is 5.55. The topological polar surface area (TPSA) is 134 Å². The first-order valence-electron chi connectivity index (χ1n) is 11.8. The van der Waals surface area contributed by atoms with Crippen LogP contribution in [-0.2, 0) is 25.6 Å². The number of carbonyl (C=O) groups is 2. The number of nitrogens with one attached hydrogen (secondary N) is 1. The Balaban J connectivity index is 0.000000333. The third kappa shape index (κ3) is 11.7. The van der Waals surface area contributed by atoms with E-state index >= 15 is 0 Å². The van der Waals surface area contributed by atoms with Crippen LogP contribution < -0.4 is 5.32 Å². The van der Waals surface area contributed by atoms with Gasteiger partial charge in [-0.1, -0.05) is 12.1 Å². The monoisotopic (exact) mass is 582 g/mol. The Labute approximate surface area is 224 Å².